The average Bonchev–Trinajstić information content (AvgIpc) is 2.77. The summed E-state index contributed by atoms with van der Waals surface area (Å²) in [5.74, 6) is -1.18. The van der Waals surface area contributed by atoms with Gasteiger partial charge in [-0.2, -0.15) is 0 Å². The lowest BCUT2D eigenvalue weighted by molar-refractivity contribution is -0.140. The van der Waals surface area contributed by atoms with Gasteiger partial charge in [0, 0.05) is 17.5 Å². The Balaban J connectivity index is 1.88. The molecule has 4 rings (SSSR count). The highest BCUT2D eigenvalue weighted by Crippen LogP contribution is 2.36. The van der Waals surface area contributed by atoms with Gasteiger partial charge in [0.2, 0.25) is 0 Å². The molecule has 6 heteroatoms. The maximum atomic E-state index is 11.1. The summed E-state index contributed by atoms with van der Waals surface area (Å²) in [6, 6.07) is 22.9. The van der Waals surface area contributed by atoms with Crippen LogP contribution in [-0.2, 0) is 16.0 Å². The third-order valence-corrected chi connectivity index (χ3v) is 5.05. The first-order valence-electron chi connectivity index (χ1n) is 9.73. The molecule has 0 radical (unpaired) electrons. The molecule has 0 aliphatic heterocycles. The highest BCUT2D eigenvalue weighted by molar-refractivity contribution is 5.91. The molecule has 2 N–H and O–H groups in total. The summed E-state index contributed by atoms with van der Waals surface area (Å²) in [6.07, 6.45) is 0.382. The smallest absolute Gasteiger partial charge is 0.341 e. The van der Waals surface area contributed by atoms with Crippen LogP contribution in [0.15, 0.2) is 72.8 Å². The third kappa shape index (κ3) is 4.43. The number of aliphatic carboxylic acids is 2. The van der Waals surface area contributed by atoms with Crippen molar-refractivity contribution in [3.8, 4) is 11.5 Å². The largest absolute Gasteiger partial charge is 0.482 e. The summed E-state index contributed by atoms with van der Waals surface area (Å²) < 4.78 is 11.2. The normalized spacial score (nSPS) is 10.8. The number of hydrogen-bond acceptors (Lipinski definition) is 4. The fourth-order valence-corrected chi connectivity index (χ4v) is 3.72. The maximum Gasteiger partial charge on any atom is 0.341 e. The maximum absolute atomic E-state index is 11.1. The van der Waals surface area contributed by atoms with Gasteiger partial charge in [-0.1, -0.05) is 60.7 Å². The summed E-state index contributed by atoms with van der Waals surface area (Å²) in [6.45, 7) is -0.910. The van der Waals surface area contributed by atoms with E-state index in [0.717, 1.165) is 32.7 Å². The zero-order chi connectivity index (χ0) is 21.8. The van der Waals surface area contributed by atoms with Gasteiger partial charge < -0.3 is 19.7 Å². The van der Waals surface area contributed by atoms with Crippen molar-refractivity contribution in [2.75, 3.05) is 13.2 Å². The van der Waals surface area contributed by atoms with Gasteiger partial charge in [0.05, 0.1) is 0 Å². The standard InChI is InChI=1S/C25H20O6/c26-24(27)14-30-22-11-9-16-5-1-3-7-18(16)20(22)13-21-19-8-4-2-6-17(19)10-12-23(21)31-15-25(28)29/h1-12H,13-15H2,(H,26,27)(H,28,29). The Morgan fingerprint density at radius 2 is 1.03 bits per heavy atom. The minimum absolute atomic E-state index is 0.382. The lowest BCUT2D eigenvalue weighted by atomic mass is 9.93. The molecule has 0 heterocycles. The number of carbonyl (C=O) groups is 2. The first-order chi connectivity index (χ1) is 15.0. The van der Waals surface area contributed by atoms with Gasteiger partial charge in [-0.15, -0.1) is 0 Å². The van der Waals surface area contributed by atoms with Crippen LogP contribution in [0, 0.1) is 0 Å². The molecule has 0 saturated carbocycles. The molecule has 0 unspecified atom stereocenters. The summed E-state index contributed by atoms with van der Waals surface area (Å²) >= 11 is 0. The highest BCUT2D eigenvalue weighted by Gasteiger charge is 2.17. The van der Waals surface area contributed by atoms with Crippen LogP contribution in [-0.4, -0.2) is 35.4 Å². The molecule has 31 heavy (non-hydrogen) atoms. The Labute approximate surface area is 178 Å². The Morgan fingerprint density at radius 3 is 1.45 bits per heavy atom. The predicted octanol–water partition coefficient (Wildman–Crippen LogP) is 4.51. The Morgan fingerprint density at radius 1 is 0.613 bits per heavy atom. The van der Waals surface area contributed by atoms with Gasteiger partial charge in [0.25, 0.3) is 0 Å². The minimum atomic E-state index is -1.06. The van der Waals surface area contributed by atoms with Gasteiger partial charge in [-0.25, -0.2) is 9.59 Å². The third-order valence-electron chi connectivity index (χ3n) is 5.05. The van der Waals surface area contributed by atoms with Gasteiger partial charge in [-0.3, -0.25) is 0 Å². The van der Waals surface area contributed by atoms with Crippen LogP contribution in [0.5, 0.6) is 11.5 Å². The van der Waals surface area contributed by atoms with E-state index in [1.807, 2.05) is 60.7 Å². The first-order valence-corrected chi connectivity index (χ1v) is 9.73. The van der Waals surface area contributed by atoms with Crippen molar-refractivity contribution >= 4 is 33.5 Å². The molecule has 0 amide bonds. The van der Waals surface area contributed by atoms with Crippen LogP contribution >= 0.6 is 0 Å². The van der Waals surface area contributed by atoms with Crippen molar-refractivity contribution in [3.63, 3.8) is 0 Å². The second-order valence-electron chi connectivity index (χ2n) is 7.07. The van der Waals surface area contributed by atoms with Crippen LogP contribution in [0.2, 0.25) is 0 Å². The van der Waals surface area contributed by atoms with Crippen molar-refractivity contribution in [2.45, 2.75) is 6.42 Å². The molecule has 0 atom stereocenters. The van der Waals surface area contributed by atoms with E-state index in [1.54, 1.807) is 12.1 Å². The number of fused-ring (bicyclic) bond motifs is 2. The van der Waals surface area contributed by atoms with E-state index in [4.69, 9.17) is 19.7 Å². The van der Waals surface area contributed by atoms with Gasteiger partial charge in [0.15, 0.2) is 13.2 Å². The number of benzene rings is 4. The van der Waals surface area contributed by atoms with E-state index in [0.29, 0.717) is 17.9 Å². The second-order valence-corrected chi connectivity index (χ2v) is 7.07. The van der Waals surface area contributed by atoms with E-state index in [-0.39, 0.29) is 0 Å². The molecular formula is C25H20O6. The molecule has 0 bridgehead atoms. The number of carboxylic acids is 2. The molecule has 156 valence electrons. The SMILES string of the molecule is O=C(O)COc1ccc2ccccc2c1Cc1c(OCC(=O)O)ccc2ccccc12. The second kappa shape index (κ2) is 8.75. The summed E-state index contributed by atoms with van der Waals surface area (Å²) in [5.41, 5.74) is 1.63. The van der Waals surface area contributed by atoms with Gasteiger partial charge in [0.1, 0.15) is 11.5 Å². The molecule has 4 aromatic carbocycles. The Hall–Kier alpha value is -4.06. The number of rotatable bonds is 8. The fourth-order valence-electron chi connectivity index (χ4n) is 3.72. The zero-order valence-electron chi connectivity index (χ0n) is 16.6. The van der Waals surface area contributed by atoms with E-state index in [9.17, 15) is 9.59 Å². The molecule has 0 fully saturated rings. The van der Waals surface area contributed by atoms with Crippen LogP contribution in [0.1, 0.15) is 11.1 Å². The van der Waals surface area contributed by atoms with Crippen LogP contribution in [0.3, 0.4) is 0 Å². The Bertz CT molecular complexity index is 1180. The summed E-state index contributed by atoms with van der Waals surface area (Å²) in [7, 11) is 0. The monoisotopic (exact) mass is 416 g/mol. The lowest BCUT2D eigenvalue weighted by Crippen LogP contribution is -2.12. The molecule has 0 aromatic heterocycles. The highest BCUT2D eigenvalue weighted by atomic mass is 16.5. The minimum Gasteiger partial charge on any atom is -0.482 e. The summed E-state index contributed by atoms with van der Waals surface area (Å²) in [4.78, 5) is 22.2. The van der Waals surface area contributed by atoms with Crippen molar-refractivity contribution < 1.29 is 29.3 Å². The quantitative estimate of drug-likeness (QED) is 0.439. The topological polar surface area (TPSA) is 93.1 Å². The zero-order valence-corrected chi connectivity index (χ0v) is 16.6. The molecule has 6 nitrogen and oxygen atoms in total. The molecule has 4 aromatic rings. The van der Waals surface area contributed by atoms with Crippen molar-refractivity contribution in [2.24, 2.45) is 0 Å². The molecule has 0 aliphatic carbocycles. The van der Waals surface area contributed by atoms with Gasteiger partial charge in [-0.05, 0) is 33.7 Å². The van der Waals surface area contributed by atoms with Gasteiger partial charge >= 0.3 is 11.9 Å². The van der Waals surface area contributed by atoms with E-state index < -0.39 is 25.2 Å². The predicted molar refractivity (Wildman–Crippen MR) is 117 cm³/mol. The molecule has 0 aliphatic rings. The van der Waals surface area contributed by atoms with Crippen LogP contribution < -0.4 is 9.47 Å². The summed E-state index contributed by atoms with van der Waals surface area (Å²) in [5, 5.41) is 22.0. The van der Waals surface area contributed by atoms with Crippen molar-refractivity contribution in [3.05, 3.63) is 83.9 Å². The number of carboxylic acid groups (broad SMARTS) is 2. The van der Waals surface area contributed by atoms with Crippen molar-refractivity contribution in [1.29, 1.82) is 0 Å². The van der Waals surface area contributed by atoms with Crippen LogP contribution in [0.4, 0.5) is 0 Å². The number of ether oxygens (including phenoxy) is 2. The Kier molecular flexibility index (Phi) is 5.71. The molecular weight excluding hydrogens is 396 g/mol. The molecule has 0 spiro atoms. The first kappa shape index (κ1) is 20.2. The van der Waals surface area contributed by atoms with E-state index in [2.05, 4.69) is 0 Å². The van der Waals surface area contributed by atoms with Crippen molar-refractivity contribution in [1.82, 2.24) is 0 Å². The average molecular weight is 416 g/mol. The van der Waals surface area contributed by atoms with E-state index >= 15 is 0 Å². The fraction of sp³-hybridized carbons (Fsp3) is 0.120. The molecule has 0 saturated heterocycles. The van der Waals surface area contributed by atoms with E-state index in [1.165, 1.54) is 0 Å². The number of hydrogen-bond donors (Lipinski definition) is 2. The lowest BCUT2D eigenvalue weighted by Gasteiger charge is -2.17. The van der Waals surface area contributed by atoms with Crippen LogP contribution in [0.25, 0.3) is 21.5 Å².